The average molecular weight is 374 g/mol. The first kappa shape index (κ1) is 14.7. The van der Waals surface area contributed by atoms with Crippen LogP contribution in [0, 0.1) is 5.21 Å². The molecule has 9 heteroatoms. The number of esters is 1. The Kier molecular flexibility index (Phi) is 3.84. The van der Waals surface area contributed by atoms with Crippen LogP contribution in [0.2, 0.25) is 0 Å². The summed E-state index contributed by atoms with van der Waals surface area (Å²) in [5, 5.41) is 13.4. The molecule has 3 heterocycles. The van der Waals surface area contributed by atoms with E-state index in [2.05, 4.69) is 20.9 Å². The van der Waals surface area contributed by atoms with Crippen molar-refractivity contribution in [2.24, 2.45) is 0 Å². The molecule has 0 aromatic carbocycles. The molecular formula is C12H12BrN3O4S. The third kappa shape index (κ3) is 2.74. The number of halogens is 1. The van der Waals surface area contributed by atoms with Crippen molar-refractivity contribution in [2.75, 3.05) is 20.3 Å². The molecule has 1 fully saturated rings. The minimum atomic E-state index is -0.870. The molecule has 1 saturated heterocycles. The Morgan fingerprint density at radius 1 is 1.71 bits per heavy atom. The number of ether oxygens (including phenoxy) is 1. The number of hydrogen-bond donors (Lipinski definition) is 0. The smallest absolute Gasteiger partial charge is 0.378 e. The molecule has 0 amide bonds. The van der Waals surface area contributed by atoms with Crippen molar-refractivity contribution in [1.82, 2.24) is 14.5 Å². The van der Waals surface area contributed by atoms with Crippen LogP contribution in [-0.2, 0) is 4.74 Å². The first-order valence-electron chi connectivity index (χ1n) is 6.13. The number of carbonyl (C=O) groups is 1. The van der Waals surface area contributed by atoms with Crippen molar-refractivity contribution in [3.63, 3.8) is 0 Å². The van der Waals surface area contributed by atoms with Crippen LogP contribution in [0.3, 0.4) is 0 Å². The molecule has 0 saturated carbocycles. The maximum Gasteiger partial charge on any atom is 0.378 e. The number of rotatable bonds is 3. The Balaban J connectivity index is 1.84. The van der Waals surface area contributed by atoms with Crippen molar-refractivity contribution in [3.05, 3.63) is 39.3 Å². The number of quaternary nitrogens is 1. The summed E-state index contributed by atoms with van der Waals surface area (Å²) >= 11 is 4.53. The number of furan rings is 1. The van der Waals surface area contributed by atoms with E-state index in [1.54, 1.807) is 19.3 Å². The molecule has 0 N–H and O–H groups in total. The second-order valence-corrected chi connectivity index (χ2v) is 7.15. The van der Waals surface area contributed by atoms with E-state index in [0.29, 0.717) is 11.7 Å². The predicted molar refractivity (Wildman–Crippen MR) is 80.4 cm³/mol. The van der Waals surface area contributed by atoms with Crippen molar-refractivity contribution in [3.8, 4) is 0 Å². The number of likely N-dealkylation sites (N-methyl/N-ethyl adjacent to an activating group) is 1. The third-order valence-corrected chi connectivity index (χ3v) is 4.73. The zero-order chi connectivity index (χ0) is 15.0. The summed E-state index contributed by atoms with van der Waals surface area (Å²) in [4.78, 5) is 17.9. The fraction of sp³-hybridized carbons (Fsp3) is 0.333. The first-order valence-corrected chi connectivity index (χ1v) is 7.73. The van der Waals surface area contributed by atoms with Crippen LogP contribution in [0.15, 0.2) is 32.8 Å². The number of aromatic nitrogens is 1. The van der Waals surface area contributed by atoms with Gasteiger partial charge in [-0.15, -0.1) is 0 Å². The van der Waals surface area contributed by atoms with Gasteiger partial charge in [0.15, 0.2) is 0 Å². The monoisotopic (exact) mass is 373 g/mol. The van der Waals surface area contributed by atoms with Crippen LogP contribution in [-0.4, -0.2) is 42.3 Å². The Morgan fingerprint density at radius 2 is 2.52 bits per heavy atom. The molecule has 2 atom stereocenters. The fourth-order valence-corrected chi connectivity index (χ4v) is 3.46. The molecule has 2 unspecified atom stereocenters. The quantitative estimate of drug-likeness (QED) is 0.466. The first-order chi connectivity index (χ1) is 9.99. The molecule has 0 radical (unpaired) electrons. The van der Waals surface area contributed by atoms with E-state index in [1.807, 2.05) is 4.90 Å². The minimum Gasteiger partial charge on any atom is -0.622 e. The summed E-state index contributed by atoms with van der Waals surface area (Å²) in [6, 6.07) is 3.09. The Labute approximate surface area is 133 Å². The number of hydroxylamine groups is 2. The second kappa shape index (κ2) is 5.50. The highest BCUT2D eigenvalue weighted by molar-refractivity contribution is 9.11. The highest BCUT2D eigenvalue weighted by Crippen LogP contribution is 2.36. The Hall–Kier alpha value is -1.26. The third-order valence-electron chi connectivity index (χ3n) is 3.14. The number of nitrogens with zero attached hydrogens (tertiary/aromatic N) is 3. The van der Waals surface area contributed by atoms with Gasteiger partial charge in [0.25, 0.3) is 11.4 Å². The molecule has 3 rings (SSSR count). The normalized spacial score (nSPS) is 26.1. The molecular weight excluding hydrogens is 362 g/mol. The average Bonchev–Trinajstić information content (AvgIpc) is 3.11. The van der Waals surface area contributed by atoms with Crippen molar-refractivity contribution >= 4 is 38.4 Å². The van der Waals surface area contributed by atoms with Crippen LogP contribution in [0.25, 0.3) is 0 Å². The molecule has 21 heavy (non-hydrogen) atoms. The minimum absolute atomic E-state index is 0.0800. The van der Waals surface area contributed by atoms with Crippen molar-refractivity contribution in [1.29, 1.82) is 0 Å². The second-order valence-electron chi connectivity index (χ2n) is 4.76. The lowest BCUT2D eigenvalue weighted by Gasteiger charge is -2.38. The van der Waals surface area contributed by atoms with Gasteiger partial charge in [-0.1, -0.05) is 0 Å². The molecule has 0 spiro atoms. The summed E-state index contributed by atoms with van der Waals surface area (Å²) in [6.45, 7) is 0.517. The van der Waals surface area contributed by atoms with Crippen molar-refractivity contribution < 1.29 is 13.9 Å². The lowest BCUT2D eigenvalue weighted by molar-refractivity contribution is 0.00257. The van der Waals surface area contributed by atoms with Crippen molar-refractivity contribution in [2.45, 2.75) is 6.23 Å². The van der Waals surface area contributed by atoms with Gasteiger partial charge in [-0.25, -0.2) is 9.69 Å². The highest BCUT2D eigenvalue weighted by Gasteiger charge is 2.45. The maximum absolute atomic E-state index is 13.1. The van der Waals surface area contributed by atoms with Gasteiger partial charge in [0, 0.05) is 0 Å². The van der Waals surface area contributed by atoms with Crippen LogP contribution >= 0.6 is 27.3 Å². The van der Waals surface area contributed by atoms with E-state index in [1.165, 1.54) is 23.7 Å². The van der Waals surface area contributed by atoms with Gasteiger partial charge >= 0.3 is 5.97 Å². The van der Waals surface area contributed by atoms with Crippen LogP contribution in [0.4, 0.5) is 5.13 Å². The predicted octanol–water partition coefficient (Wildman–Crippen LogP) is 2.39. The number of thiazole rings is 1. The van der Waals surface area contributed by atoms with E-state index in [4.69, 9.17) is 9.15 Å². The zero-order valence-electron chi connectivity index (χ0n) is 11.1. The number of hydrogen-bond acceptors (Lipinski definition) is 7. The van der Waals surface area contributed by atoms with Gasteiger partial charge in [0.05, 0.1) is 22.8 Å². The molecule has 0 aliphatic carbocycles. The van der Waals surface area contributed by atoms with E-state index >= 15 is 0 Å². The van der Waals surface area contributed by atoms with Crippen LogP contribution in [0.5, 0.6) is 0 Å². The SMILES string of the molecule is CN1CC(OC(=O)c2ccco2)[N+]([O-])(c2ncc(Br)s2)C1. The maximum atomic E-state index is 13.1. The molecule has 112 valence electrons. The van der Waals surface area contributed by atoms with Crippen LogP contribution < -0.4 is 4.65 Å². The molecule has 1 aliphatic heterocycles. The molecule has 7 nitrogen and oxygen atoms in total. The van der Waals surface area contributed by atoms with Gasteiger partial charge < -0.3 is 14.4 Å². The number of carbonyl (C=O) groups excluding carboxylic acids is 1. The summed E-state index contributed by atoms with van der Waals surface area (Å²) in [7, 11) is 1.80. The lowest BCUT2D eigenvalue weighted by Crippen LogP contribution is -2.50. The van der Waals surface area contributed by atoms with Gasteiger partial charge in [-0.3, -0.25) is 4.65 Å². The van der Waals surface area contributed by atoms with Gasteiger partial charge in [-0.2, -0.15) is 4.98 Å². The van der Waals surface area contributed by atoms with Gasteiger partial charge in [-0.05, 0) is 46.4 Å². The topological polar surface area (TPSA) is 78.6 Å². The standard InChI is InChI=1S/C12H12BrN3O4S/c1-15-6-10(20-11(17)8-3-2-4-19-8)16(18,7-15)12-14-5-9(13)21-12/h2-5,10H,6-7H2,1H3. The molecule has 2 aromatic heterocycles. The molecule has 1 aliphatic rings. The van der Waals surface area contributed by atoms with E-state index in [0.717, 1.165) is 3.79 Å². The van der Waals surface area contributed by atoms with E-state index < -0.39 is 16.8 Å². The molecule has 2 aromatic rings. The zero-order valence-corrected chi connectivity index (χ0v) is 13.5. The van der Waals surface area contributed by atoms with Crippen LogP contribution in [0.1, 0.15) is 10.6 Å². The lowest BCUT2D eigenvalue weighted by atomic mass is 10.4. The van der Waals surface area contributed by atoms with Gasteiger partial charge in [0.2, 0.25) is 5.76 Å². The Bertz CT molecular complexity index is 647. The van der Waals surface area contributed by atoms with E-state index in [-0.39, 0.29) is 12.4 Å². The Morgan fingerprint density at radius 3 is 3.14 bits per heavy atom. The summed E-state index contributed by atoms with van der Waals surface area (Å²) in [6.07, 6.45) is 2.08. The summed E-state index contributed by atoms with van der Waals surface area (Å²) in [5.74, 6) is -0.564. The fourth-order valence-electron chi connectivity index (χ4n) is 2.21. The van der Waals surface area contributed by atoms with Gasteiger partial charge in [0.1, 0.15) is 6.67 Å². The summed E-state index contributed by atoms with van der Waals surface area (Å²) < 4.78 is 10.3. The van der Waals surface area contributed by atoms with E-state index in [9.17, 15) is 10.0 Å². The summed E-state index contributed by atoms with van der Waals surface area (Å²) in [5.41, 5.74) is 0. The largest absolute Gasteiger partial charge is 0.622 e. The molecule has 0 bridgehead atoms. The highest BCUT2D eigenvalue weighted by atomic mass is 79.9.